The lowest BCUT2D eigenvalue weighted by Gasteiger charge is -2.33. The first-order valence-electron chi connectivity index (χ1n) is 6.72. The molecule has 0 aliphatic heterocycles. The van der Waals surface area contributed by atoms with Crippen molar-refractivity contribution < 1.29 is 0 Å². The summed E-state index contributed by atoms with van der Waals surface area (Å²) in [4.78, 5) is 5.51. The minimum Gasteiger partial charge on any atom is -0.328 e. The fourth-order valence-corrected chi connectivity index (χ4v) is 3.64. The lowest BCUT2D eigenvalue weighted by molar-refractivity contribution is 0.177. The van der Waals surface area contributed by atoms with E-state index in [0.29, 0.717) is 6.04 Å². The molecule has 0 unspecified atom stereocenters. The zero-order valence-corrected chi connectivity index (χ0v) is 11.8. The summed E-state index contributed by atoms with van der Waals surface area (Å²) in [6, 6.07) is 5.74. The molecule has 0 bridgehead atoms. The molecule has 1 aromatic rings. The molecule has 2 N–H and O–H groups in total. The molecule has 0 spiro atoms. The summed E-state index contributed by atoms with van der Waals surface area (Å²) in [7, 11) is 2.26. The Hall–Kier alpha value is -0.380. The van der Waals surface area contributed by atoms with Gasteiger partial charge in [-0.2, -0.15) is 0 Å². The maximum Gasteiger partial charge on any atom is 0.0327 e. The second-order valence-corrected chi connectivity index (χ2v) is 6.46. The van der Waals surface area contributed by atoms with Gasteiger partial charge in [0.05, 0.1) is 0 Å². The minimum absolute atomic E-state index is 0.452. The lowest BCUT2D eigenvalue weighted by Crippen LogP contribution is -2.38. The summed E-state index contributed by atoms with van der Waals surface area (Å²) in [5.41, 5.74) is 5.95. The number of hydrogen-bond acceptors (Lipinski definition) is 3. The summed E-state index contributed by atoms with van der Waals surface area (Å²) in [6.07, 6.45) is 6.08. The van der Waals surface area contributed by atoms with Crippen molar-refractivity contribution in [3.63, 3.8) is 0 Å². The van der Waals surface area contributed by atoms with Crippen LogP contribution in [0.4, 0.5) is 0 Å². The van der Waals surface area contributed by atoms with Gasteiger partial charge in [-0.3, -0.25) is 4.90 Å². The molecule has 1 fully saturated rings. The zero-order chi connectivity index (χ0) is 12.3. The molecule has 1 aliphatic rings. The first kappa shape index (κ1) is 13.1. The van der Waals surface area contributed by atoms with Gasteiger partial charge in [-0.05, 0) is 51.3 Å². The van der Waals surface area contributed by atoms with Gasteiger partial charge < -0.3 is 5.73 Å². The predicted octanol–water partition coefficient (Wildman–Crippen LogP) is 3.01. The molecule has 1 aliphatic carbocycles. The average Bonchev–Trinajstić information content (AvgIpc) is 2.77. The van der Waals surface area contributed by atoms with Crippen LogP contribution < -0.4 is 5.73 Å². The van der Waals surface area contributed by atoms with Crippen LogP contribution in [0.5, 0.6) is 0 Å². The maximum atomic E-state index is 5.95. The van der Waals surface area contributed by atoms with Crippen molar-refractivity contribution >= 4 is 11.3 Å². The molecule has 96 valence electrons. The fraction of sp³-hybridized carbons (Fsp3) is 0.714. The highest BCUT2D eigenvalue weighted by molar-refractivity contribution is 7.11. The second-order valence-electron chi connectivity index (χ2n) is 5.21. The molecule has 0 atom stereocenters. The van der Waals surface area contributed by atoms with E-state index in [4.69, 9.17) is 5.73 Å². The second kappa shape index (κ2) is 5.98. The number of thiophene rings is 1. The normalized spacial score (nSPS) is 25.4. The number of hydrogen-bond donors (Lipinski definition) is 1. The largest absolute Gasteiger partial charge is 0.328 e. The van der Waals surface area contributed by atoms with Crippen LogP contribution in [0.15, 0.2) is 12.1 Å². The van der Waals surface area contributed by atoms with E-state index in [2.05, 4.69) is 31.0 Å². The van der Waals surface area contributed by atoms with Crippen molar-refractivity contribution in [2.75, 3.05) is 7.05 Å². The summed E-state index contributed by atoms with van der Waals surface area (Å²) in [6.45, 7) is 3.33. The highest BCUT2D eigenvalue weighted by atomic mass is 32.1. The minimum atomic E-state index is 0.452. The van der Waals surface area contributed by atoms with E-state index in [-0.39, 0.29) is 0 Å². The molecule has 0 aromatic carbocycles. The third-order valence-corrected chi connectivity index (χ3v) is 5.05. The lowest BCUT2D eigenvalue weighted by atomic mass is 9.91. The molecule has 17 heavy (non-hydrogen) atoms. The van der Waals surface area contributed by atoms with Gasteiger partial charge in [0, 0.05) is 28.4 Å². The summed E-state index contributed by atoms with van der Waals surface area (Å²) in [5, 5.41) is 0. The smallest absolute Gasteiger partial charge is 0.0327 e. The van der Waals surface area contributed by atoms with Crippen molar-refractivity contribution in [1.29, 1.82) is 0 Å². The summed E-state index contributed by atoms with van der Waals surface area (Å²) < 4.78 is 0. The number of nitrogens with two attached hydrogens (primary N) is 1. The first-order chi connectivity index (χ1) is 8.19. The summed E-state index contributed by atoms with van der Waals surface area (Å²) in [5.74, 6) is 0. The van der Waals surface area contributed by atoms with Crippen molar-refractivity contribution in [3.05, 3.63) is 21.9 Å². The van der Waals surface area contributed by atoms with Crippen LogP contribution in [-0.2, 0) is 13.0 Å². The van der Waals surface area contributed by atoms with E-state index in [1.165, 1.54) is 35.4 Å². The zero-order valence-electron chi connectivity index (χ0n) is 11.0. The monoisotopic (exact) mass is 252 g/mol. The van der Waals surface area contributed by atoms with Gasteiger partial charge in [-0.25, -0.2) is 0 Å². The molecule has 0 radical (unpaired) electrons. The number of aryl methyl sites for hydroxylation is 1. The van der Waals surface area contributed by atoms with E-state index in [0.717, 1.165) is 19.0 Å². The Kier molecular flexibility index (Phi) is 4.60. The van der Waals surface area contributed by atoms with Gasteiger partial charge >= 0.3 is 0 Å². The maximum absolute atomic E-state index is 5.95. The average molecular weight is 252 g/mol. The van der Waals surface area contributed by atoms with Gasteiger partial charge in [-0.15, -0.1) is 11.3 Å². The van der Waals surface area contributed by atoms with Gasteiger partial charge in [0.2, 0.25) is 0 Å². The molecule has 1 aromatic heterocycles. The van der Waals surface area contributed by atoms with Gasteiger partial charge in [-0.1, -0.05) is 6.92 Å². The molecule has 0 saturated heterocycles. The van der Waals surface area contributed by atoms with Crippen LogP contribution in [0.25, 0.3) is 0 Å². The Bertz CT molecular complexity index is 340. The summed E-state index contributed by atoms with van der Waals surface area (Å²) >= 11 is 1.96. The molecule has 2 rings (SSSR count). The third-order valence-electron chi connectivity index (χ3n) is 3.84. The molecular weight excluding hydrogens is 228 g/mol. The quantitative estimate of drug-likeness (QED) is 0.892. The van der Waals surface area contributed by atoms with E-state index in [1.807, 2.05) is 11.3 Å². The van der Waals surface area contributed by atoms with Crippen molar-refractivity contribution in [1.82, 2.24) is 4.90 Å². The van der Waals surface area contributed by atoms with E-state index >= 15 is 0 Å². The highest BCUT2D eigenvalue weighted by Gasteiger charge is 2.22. The molecule has 1 saturated carbocycles. The number of nitrogens with zero attached hydrogens (tertiary/aromatic N) is 1. The predicted molar refractivity (Wildman–Crippen MR) is 75.4 cm³/mol. The van der Waals surface area contributed by atoms with Crippen LogP contribution >= 0.6 is 11.3 Å². The van der Waals surface area contributed by atoms with Crippen LogP contribution in [0, 0.1) is 0 Å². The van der Waals surface area contributed by atoms with Gasteiger partial charge in [0.1, 0.15) is 0 Å². The molecular formula is C14H24N2S. The van der Waals surface area contributed by atoms with Crippen molar-refractivity contribution in [3.8, 4) is 0 Å². The topological polar surface area (TPSA) is 29.3 Å². The highest BCUT2D eigenvalue weighted by Crippen LogP contribution is 2.24. The molecule has 2 nitrogen and oxygen atoms in total. The van der Waals surface area contributed by atoms with Crippen LogP contribution in [0.3, 0.4) is 0 Å². The Morgan fingerprint density at radius 3 is 2.47 bits per heavy atom. The SMILES string of the molecule is CCc1ccc(CN(C)C2CCC(N)CC2)s1. The van der Waals surface area contributed by atoms with Crippen LogP contribution in [0.1, 0.15) is 42.4 Å². The number of rotatable bonds is 4. The van der Waals surface area contributed by atoms with Gasteiger partial charge in [0.15, 0.2) is 0 Å². The Morgan fingerprint density at radius 1 is 1.24 bits per heavy atom. The third kappa shape index (κ3) is 3.54. The van der Waals surface area contributed by atoms with Crippen LogP contribution in [-0.4, -0.2) is 24.0 Å². The van der Waals surface area contributed by atoms with Crippen molar-refractivity contribution in [2.45, 2.75) is 57.7 Å². The van der Waals surface area contributed by atoms with E-state index < -0.39 is 0 Å². The molecule has 3 heteroatoms. The standard InChI is InChI=1S/C14H24N2S/c1-3-13-8-9-14(17-13)10-16(2)12-6-4-11(15)5-7-12/h8-9,11-12H,3-7,10,15H2,1-2H3. The Morgan fingerprint density at radius 2 is 1.88 bits per heavy atom. The Labute approximate surface area is 109 Å². The van der Waals surface area contributed by atoms with Gasteiger partial charge in [0.25, 0.3) is 0 Å². The Balaban J connectivity index is 1.85. The van der Waals surface area contributed by atoms with Crippen LogP contribution in [0.2, 0.25) is 0 Å². The van der Waals surface area contributed by atoms with E-state index in [1.54, 1.807) is 0 Å². The molecule has 0 amide bonds. The van der Waals surface area contributed by atoms with Crippen molar-refractivity contribution in [2.24, 2.45) is 5.73 Å². The fourth-order valence-electron chi connectivity index (χ4n) is 2.61. The first-order valence-corrected chi connectivity index (χ1v) is 7.54. The van der Waals surface area contributed by atoms with E-state index in [9.17, 15) is 0 Å². The molecule has 1 heterocycles.